The van der Waals surface area contributed by atoms with E-state index in [1.807, 2.05) is 48.5 Å². The molecule has 0 fully saturated rings. The topological polar surface area (TPSA) is 72.9 Å². The molecular weight excluding hydrogens is 324 g/mol. The van der Waals surface area contributed by atoms with Crippen molar-refractivity contribution in [3.63, 3.8) is 0 Å². The van der Waals surface area contributed by atoms with Gasteiger partial charge in [-0.05, 0) is 42.0 Å². The van der Waals surface area contributed by atoms with E-state index in [0.717, 1.165) is 28.2 Å². The lowest BCUT2D eigenvalue weighted by Crippen LogP contribution is -2.11. The minimum atomic E-state index is -0.421. The molecule has 3 aromatic carbocycles. The number of hydrogen-bond donors (Lipinski definition) is 2. The summed E-state index contributed by atoms with van der Waals surface area (Å²) in [5, 5.41) is 3.40. The average Bonchev–Trinajstić information content (AvgIpc) is 3.05. The van der Waals surface area contributed by atoms with Gasteiger partial charge >= 0.3 is 0 Å². The van der Waals surface area contributed by atoms with Crippen molar-refractivity contribution in [1.29, 1.82) is 0 Å². The Morgan fingerprint density at radius 1 is 0.923 bits per heavy atom. The SMILES string of the molecule is NC(=O)c1ccc(CNc2nc3ccccc3n2-c2ccccc2)cc1. The maximum Gasteiger partial charge on any atom is 0.248 e. The van der Waals surface area contributed by atoms with Gasteiger partial charge in [0.15, 0.2) is 0 Å². The normalized spacial score (nSPS) is 10.8. The summed E-state index contributed by atoms with van der Waals surface area (Å²) < 4.78 is 2.10. The number of amides is 1. The number of benzene rings is 3. The first-order chi connectivity index (χ1) is 12.7. The van der Waals surface area contributed by atoms with Crippen LogP contribution in [0.15, 0.2) is 78.9 Å². The Kier molecular flexibility index (Phi) is 4.11. The number of rotatable bonds is 5. The molecule has 0 saturated heterocycles. The van der Waals surface area contributed by atoms with Crippen LogP contribution in [-0.4, -0.2) is 15.5 Å². The van der Waals surface area contributed by atoms with E-state index < -0.39 is 5.91 Å². The molecule has 0 saturated carbocycles. The Labute approximate surface area is 151 Å². The molecule has 5 heteroatoms. The van der Waals surface area contributed by atoms with E-state index in [4.69, 9.17) is 10.7 Å². The first kappa shape index (κ1) is 15.9. The fourth-order valence-electron chi connectivity index (χ4n) is 2.95. The molecule has 26 heavy (non-hydrogen) atoms. The van der Waals surface area contributed by atoms with Crippen LogP contribution in [0.4, 0.5) is 5.95 Å². The van der Waals surface area contributed by atoms with Gasteiger partial charge in [-0.1, -0.05) is 42.5 Å². The first-order valence-corrected chi connectivity index (χ1v) is 8.38. The van der Waals surface area contributed by atoms with Crippen LogP contribution in [-0.2, 0) is 6.54 Å². The zero-order chi connectivity index (χ0) is 17.9. The zero-order valence-electron chi connectivity index (χ0n) is 14.1. The van der Waals surface area contributed by atoms with Gasteiger partial charge in [0.1, 0.15) is 0 Å². The number of carbonyl (C=O) groups excluding carboxylic acids is 1. The maximum absolute atomic E-state index is 11.2. The van der Waals surface area contributed by atoms with Crippen LogP contribution < -0.4 is 11.1 Å². The number of imidazole rings is 1. The van der Waals surface area contributed by atoms with E-state index in [1.165, 1.54) is 0 Å². The molecule has 0 unspecified atom stereocenters. The van der Waals surface area contributed by atoms with Crippen molar-refractivity contribution in [2.75, 3.05) is 5.32 Å². The Balaban J connectivity index is 1.67. The fraction of sp³-hybridized carbons (Fsp3) is 0.0476. The second kappa shape index (κ2) is 6.72. The summed E-state index contributed by atoms with van der Waals surface area (Å²) in [6.07, 6.45) is 0. The van der Waals surface area contributed by atoms with Crippen LogP contribution in [0.25, 0.3) is 16.7 Å². The minimum Gasteiger partial charge on any atom is -0.366 e. The second-order valence-corrected chi connectivity index (χ2v) is 6.01. The van der Waals surface area contributed by atoms with Gasteiger partial charge < -0.3 is 11.1 Å². The molecule has 0 spiro atoms. The maximum atomic E-state index is 11.2. The number of nitrogens with two attached hydrogens (primary N) is 1. The predicted molar refractivity (Wildman–Crippen MR) is 103 cm³/mol. The largest absolute Gasteiger partial charge is 0.366 e. The van der Waals surface area contributed by atoms with Gasteiger partial charge in [0.05, 0.1) is 11.0 Å². The van der Waals surface area contributed by atoms with Gasteiger partial charge in [-0.2, -0.15) is 0 Å². The van der Waals surface area contributed by atoms with E-state index >= 15 is 0 Å². The Morgan fingerprint density at radius 3 is 2.35 bits per heavy atom. The van der Waals surface area contributed by atoms with Crippen molar-refractivity contribution in [2.24, 2.45) is 5.73 Å². The number of primary amides is 1. The number of para-hydroxylation sites is 3. The van der Waals surface area contributed by atoms with E-state index in [9.17, 15) is 4.79 Å². The lowest BCUT2D eigenvalue weighted by Gasteiger charge is -2.11. The van der Waals surface area contributed by atoms with Crippen LogP contribution in [0.1, 0.15) is 15.9 Å². The summed E-state index contributed by atoms with van der Waals surface area (Å²) in [5.41, 5.74) is 9.87. The molecule has 1 heterocycles. The van der Waals surface area contributed by atoms with Crippen molar-refractivity contribution in [3.8, 4) is 5.69 Å². The number of anilines is 1. The standard InChI is InChI=1S/C21H18N4O/c22-20(26)16-12-10-15(11-13-16)14-23-21-24-18-8-4-5-9-19(18)25(21)17-6-2-1-3-7-17/h1-13H,14H2,(H2,22,26)(H,23,24). The van der Waals surface area contributed by atoms with Crippen LogP contribution in [0, 0.1) is 0 Å². The van der Waals surface area contributed by atoms with Gasteiger partial charge in [0, 0.05) is 17.8 Å². The molecule has 0 aliphatic carbocycles. The fourth-order valence-corrected chi connectivity index (χ4v) is 2.95. The van der Waals surface area contributed by atoms with Crippen LogP contribution in [0.3, 0.4) is 0 Å². The number of carbonyl (C=O) groups is 1. The van der Waals surface area contributed by atoms with Crippen LogP contribution in [0.2, 0.25) is 0 Å². The molecule has 4 rings (SSSR count). The van der Waals surface area contributed by atoms with Crippen molar-refractivity contribution in [1.82, 2.24) is 9.55 Å². The number of fused-ring (bicyclic) bond motifs is 1. The molecule has 3 N–H and O–H groups in total. The molecule has 0 radical (unpaired) electrons. The molecule has 0 atom stereocenters. The highest BCUT2D eigenvalue weighted by atomic mass is 16.1. The van der Waals surface area contributed by atoms with Crippen molar-refractivity contribution >= 4 is 22.9 Å². The molecule has 128 valence electrons. The minimum absolute atomic E-state index is 0.421. The Morgan fingerprint density at radius 2 is 1.62 bits per heavy atom. The number of hydrogen-bond acceptors (Lipinski definition) is 3. The molecule has 0 aliphatic heterocycles. The van der Waals surface area contributed by atoms with Crippen LogP contribution in [0.5, 0.6) is 0 Å². The van der Waals surface area contributed by atoms with E-state index in [2.05, 4.69) is 28.1 Å². The summed E-state index contributed by atoms with van der Waals surface area (Å²) in [7, 11) is 0. The van der Waals surface area contributed by atoms with Gasteiger partial charge in [0.2, 0.25) is 11.9 Å². The highest BCUT2D eigenvalue weighted by Crippen LogP contribution is 2.24. The van der Waals surface area contributed by atoms with E-state index in [-0.39, 0.29) is 0 Å². The summed E-state index contributed by atoms with van der Waals surface area (Å²) in [6, 6.07) is 25.4. The van der Waals surface area contributed by atoms with Gasteiger partial charge in [-0.25, -0.2) is 4.98 Å². The third-order valence-corrected chi connectivity index (χ3v) is 4.26. The summed E-state index contributed by atoms with van der Waals surface area (Å²) in [4.78, 5) is 15.9. The molecule has 1 amide bonds. The Bertz CT molecular complexity index is 1050. The molecule has 5 nitrogen and oxygen atoms in total. The van der Waals surface area contributed by atoms with Crippen LogP contribution >= 0.6 is 0 Å². The Hall–Kier alpha value is -3.60. The number of aromatic nitrogens is 2. The van der Waals surface area contributed by atoms with E-state index in [0.29, 0.717) is 12.1 Å². The monoisotopic (exact) mass is 342 g/mol. The van der Waals surface area contributed by atoms with E-state index in [1.54, 1.807) is 12.1 Å². The summed E-state index contributed by atoms with van der Waals surface area (Å²) in [6.45, 7) is 0.592. The van der Waals surface area contributed by atoms with Gasteiger partial charge in [-0.3, -0.25) is 9.36 Å². The molecule has 4 aromatic rings. The molecular formula is C21H18N4O. The molecule has 1 aromatic heterocycles. The quantitative estimate of drug-likeness (QED) is 0.580. The zero-order valence-corrected chi connectivity index (χ0v) is 14.1. The first-order valence-electron chi connectivity index (χ1n) is 8.38. The lowest BCUT2D eigenvalue weighted by atomic mass is 10.1. The average molecular weight is 342 g/mol. The highest BCUT2D eigenvalue weighted by Gasteiger charge is 2.11. The molecule has 0 aliphatic rings. The lowest BCUT2D eigenvalue weighted by molar-refractivity contribution is 0.100. The summed E-state index contributed by atoms with van der Waals surface area (Å²) in [5.74, 6) is 0.353. The van der Waals surface area contributed by atoms with Crippen molar-refractivity contribution in [2.45, 2.75) is 6.54 Å². The third-order valence-electron chi connectivity index (χ3n) is 4.26. The predicted octanol–water partition coefficient (Wildman–Crippen LogP) is 3.74. The third kappa shape index (κ3) is 3.02. The van der Waals surface area contributed by atoms with Crippen molar-refractivity contribution < 1.29 is 4.79 Å². The highest BCUT2D eigenvalue weighted by molar-refractivity contribution is 5.92. The van der Waals surface area contributed by atoms with Gasteiger partial charge in [-0.15, -0.1) is 0 Å². The smallest absolute Gasteiger partial charge is 0.248 e. The van der Waals surface area contributed by atoms with Crippen molar-refractivity contribution in [3.05, 3.63) is 90.0 Å². The van der Waals surface area contributed by atoms with Gasteiger partial charge in [0.25, 0.3) is 0 Å². The number of nitrogens with zero attached hydrogens (tertiary/aromatic N) is 2. The second-order valence-electron chi connectivity index (χ2n) is 6.01. The number of nitrogens with one attached hydrogen (secondary N) is 1. The molecule has 0 bridgehead atoms. The summed E-state index contributed by atoms with van der Waals surface area (Å²) >= 11 is 0.